The second-order valence-electron chi connectivity index (χ2n) is 5.18. The van der Waals surface area contributed by atoms with Crippen molar-refractivity contribution in [1.29, 1.82) is 0 Å². The monoisotopic (exact) mass is 264 g/mol. The van der Waals surface area contributed by atoms with E-state index in [0.29, 0.717) is 0 Å². The van der Waals surface area contributed by atoms with Crippen LogP contribution in [-0.2, 0) is 0 Å². The second kappa shape index (κ2) is 4.63. The van der Waals surface area contributed by atoms with Crippen molar-refractivity contribution in [3.8, 4) is 11.1 Å². The maximum atomic E-state index is 4.54. The Morgan fingerprint density at radius 3 is 2.60 bits per heavy atom. The summed E-state index contributed by atoms with van der Waals surface area (Å²) in [4.78, 5) is 14.5. The highest BCUT2D eigenvalue weighted by atomic mass is 15.2. The summed E-state index contributed by atoms with van der Waals surface area (Å²) in [6.07, 6.45) is 6.18. The molecular weight excluding hydrogens is 248 g/mol. The van der Waals surface area contributed by atoms with Gasteiger partial charge in [0.2, 0.25) is 0 Å². The Balaban J connectivity index is 1.94. The number of anilines is 1. The van der Waals surface area contributed by atoms with Gasteiger partial charge in [0.25, 0.3) is 0 Å². The Kier molecular flexibility index (Phi) is 2.66. The van der Waals surface area contributed by atoms with E-state index in [1.54, 1.807) is 6.33 Å². The molecule has 2 aromatic heterocycles. The van der Waals surface area contributed by atoms with Crippen LogP contribution in [0.1, 0.15) is 12.8 Å². The molecule has 4 nitrogen and oxygen atoms in total. The van der Waals surface area contributed by atoms with Crippen LogP contribution in [0, 0.1) is 0 Å². The third-order valence-electron chi connectivity index (χ3n) is 3.94. The average Bonchev–Trinajstić information content (AvgIpc) is 3.17. The topological polar surface area (TPSA) is 44.8 Å². The van der Waals surface area contributed by atoms with Crippen molar-refractivity contribution in [2.75, 3.05) is 18.0 Å². The molecule has 3 aromatic rings. The minimum Gasteiger partial charge on any atom is -0.356 e. The number of fused-ring (bicyclic) bond motifs is 1. The number of nitrogens with one attached hydrogen (secondary N) is 1. The first-order chi connectivity index (χ1) is 9.93. The molecule has 1 fully saturated rings. The number of hydrogen-bond donors (Lipinski definition) is 1. The summed E-state index contributed by atoms with van der Waals surface area (Å²) in [5, 5.41) is 1.14. The molecule has 0 atom stereocenters. The van der Waals surface area contributed by atoms with E-state index in [1.165, 1.54) is 24.0 Å². The molecule has 0 bridgehead atoms. The molecule has 1 saturated heterocycles. The fraction of sp³-hybridized carbons (Fsp3) is 0.250. The largest absolute Gasteiger partial charge is 0.356 e. The van der Waals surface area contributed by atoms with Crippen LogP contribution < -0.4 is 4.90 Å². The maximum Gasteiger partial charge on any atom is 0.143 e. The number of nitrogens with zero attached hydrogens (tertiary/aromatic N) is 3. The van der Waals surface area contributed by atoms with Gasteiger partial charge in [0, 0.05) is 24.8 Å². The maximum absolute atomic E-state index is 4.54. The number of H-pyrrole nitrogens is 1. The molecule has 4 heteroatoms. The van der Waals surface area contributed by atoms with Crippen LogP contribution >= 0.6 is 0 Å². The molecule has 0 amide bonds. The molecule has 0 unspecified atom stereocenters. The van der Waals surface area contributed by atoms with Crippen molar-refractivity contribution < 1.29 is 0 Å². The average molecular weight is 264 g/mol. The van der Waals surface area contributed by atoms with Gasteiger partial charge in [0.05, 0.1) is 5.39 Å². The summed E-state index contributed by atoms with van der Waals surface area (Å²) >= 11 is 0. The lowest BCUT2D eigenvalue weighted by Crippen LogP contribution is -2.19. The highest BCUT2D eigenvalue weighted by Gasteiger charge is 2.19. The molecule has 1 aromatic carbocycles. The molecule has 3 heterocycles. The summed E-state index contributed by atoms with van der Waals surface area (Å²) in [6.45, 7) is 2.18. The van der Waals surface area contributed by atoms with E-state index in [0.717, 1.165) is 29.9 Å². The lowest BCUT2D eigenvalue weighted by molar-refractivity contribution is 0.939. The summed E-state index contributed by atoms with van der Waals surface area (Å²) < 4.78 is 0. The highest BCUT2D eigenvalue weighted by molar-refractivity contribution is 6.01. The van der Waals surface area contributed by atoms with Gasteiger partial charge in [0.1, 0.15) is 17.8 Å². The molecular formula is C16H16N4. The van der Waals surface area contributed by atoms with Gasteiger partial charge in [-0.2, -0.15) is 0 Å². The minimum atomic E-state index is 0.917. The number of benzene rings is 1. The second-order valence-corrected chi connectivity index (χ2v) is 5.18. The van der Waals surface area contributed by atoms with Gasteiger partial charge in [0.15, 0.2) is 0 Å². The first-order valence-corrected chi connectivity index (χ1v) is 7.06. The molecule has 20 heavy (non-hydrogen) atoms. The summed E-state index contributed by atoms with van der Waals surface area (Å²) in [5.41, 5.74) is 3.30. The third kappa shape index (κ3) is 1.76. The van der Waals surface area contributed by atoms with Crippen molar-refractivity contribution in [3.63, 3.8) is 0 Å². The Bertz CT molecular complexity index is 727. The Morgan fingerprint density at radius 2 is 1.80 bits per heavy atom. The predicted octanol–water partition coefficient (Wildman–Crippen LogP) is 3.23. The van der Waals surface area contributed by atoms with Gasteiger partial charge in [-0.1, -0.05) is 30.3 Å². The minimum absolute atomic E-state index is 0.917. The Labute approximate surface area is 117 Å². The van der Waals surface area contributed by atoms with Crippen molar-refractivity contribution in [2.24, 2.45) is 0 Å². The first kappa shape index (κ1) is 11.5. The van der Waals surface area contributed by atoms with Crippen LogP contribution in [0.3, 0.4) is 0 Å². The molecule has 0 saturated carbocycles. The van der Waals surface area contributed by atoms with Gasteiger partial charge in [-0.25, -0.2) is 9.97 Å². The normalized spacial score (nSPS) is 15.1. The van der Waals surface area contributed by atoms with Gasteiger partial charge in [-0.15, -0.1) is 0 Å². The van der Waals surface area contributed by atoms with Crippen LogP contribution in [0.25, 0.3) is 22.2 Å². The lowest BCUT2D eigenvalue weighted by Gasteiger charge is -2.17. The fourth-order valence-corrected chi connectivity index (χ4v) is 2.96. The molecule has 0 radical (unpaired) electrons. The smallest absolute Gasteiger partial charge is 0.143 e. The molecule has 1 N–H and O–H groups in total. The zero-order valence-corrected chi connectivity index (χ0v) is 11.2. The Hall–Kier alpha value is -2.36. The van der Waals surface area contributed by atoms with Crippen LogP contribution in [0.5, 0.6) is 0 Å². The lowest BCUT2D eigenvalue weighted by atomic mass is 10.1. The summed E-state index contributed by atoms with van der Waals surface area (Å²) in [5.74, 6) is 1.06. The van der Waals surface area contributed by atoms with Gasteiger partial charge >= 0.3 is 0 Å². The zero-order valence-electron chi connectivity index (χ0n) is 11.2. The van der Waals surface area contributed by atoms with E-state index in [9.17, 15) is 0 Å². The first-order valence-electron chi connectivity index (χ1n) is 7.06. The van der Waals surface area contributed by atoms with Crippen molar-refractivity contribution >= 4 is 16.9 Å². The standard InChI is InChI=1S/C16H16N4/c1-2-6-12(7-3-1)13-10-17-15-14(13)16(19-11-18-15)20-8-4-5-9-20/h1-3,6-7,10-11H,4-5,8-9H2,(H,17,18,19). The third-order valence-corrected chi connectivity index (χ3v) is 3.94. The van der Waals surface area contributed by atoms with Crippen LogP contribution in [0.4, 0.5) is 5.82 Å². The number of aromatic amines is 1. The van der Waals surface area contributed by atoms with Crippen molar-refractivity contribution in [3.05, 3.63) is 42.9 Å². The van der Waals surface area contributed by atoms with E-state index in [1.807, 2.05) is 12.3 Å². The Morgan fingerprint density at radius 1 is 1.00 bits per heavy atom. The van der Waals surface area contributed by atoms with Crippen molar-refractivity contribution in [2.45, 2.75) is 12.8 Å². The van der Waals surface area contributed by atoms with E-state index in [2.05, 4.69) is 44.1 Å². The van der Waals surface area contributed by atoms with Gasteiger partial charge in [-0.05, 0) is 18.4 Å². The van der Waals surface area contributed by atoms with Gasteiger partial charge < -0.3 is 9.88 Å². The van der Waals surface area contributed by atoms with Crippen LogP contribution in [0.15, 0.2) is 42.9 Å². The molecule has 1 aliphatic rings. The summed E-state index contributed by atoms with van der Waals surface area (Å²) in [6, 6.07) is 10.4. The number of hydrogen-bond acceptors (Lipinski definition) is 3. The zero-order chi connectivity index (χ0) is 13.4. The highest BCUT2D eigenvalue weighted by Crippen LogP contribution is 2.34. The summed E-state index contributed by atoms with van der Waals surface area (Å²) in [7, 11) is 0. The SMILES string of the molecule is c1ccc(-c2c[nH]c3ncnc(N4CCCC4)c23)cc1. The van der Waals surface area contributed by atoms with Crippen LogP contribution in [0.2, 0.25) is 0 Å². The number of aromatic nitrogens is 3. The predicted molar refractivity (Wildman–Crippen MR) is 80.8 cm³/mol. The van der Waals surface area contributed by atoms with Crippen molar-refractivity contribution in [1.82, 2.24) is 15.0 Å². The molecule has 4 rings (SSSR count). The van der Waals surface area contributed by atoms with Gasteiger partial charge in [-0.3, -0.25) is 0 Å². The quantitative estimate of drug-likeness (QED) is 0.773. The molecule has 100 valence electrons. The molecule has 0 aliphatic carbocycles. The van der Waals surface area contributed by atoms with E-state index in [-0.39, 0.29) is 0 Å². The fourth-order valence-electron chi connectivity index (χ4n) is 2.96. The number of rotatable bonds is 2. The van der Waals surface area contributed by atoms with Crippen LogP contribution in [-0.4, -0.2) is 28.0 Å². The van der Waals surface area contributed by atoms with E-state index in [4.69, 9.17) is 0 Å². The molecule has 1 aliphatic heterocycles. The van der Waals surface area contributed by atoms with E-state index >= 15 is 0 Å². The van der Waals surface area contributed by atoms with E-state index < -0.39 is 0 Å². The molecule has 0 spiro atoms.